The molecule has 2 heterocycles. The number of hydrogen-bond donors (Lipinski definition) is 1. The average Bonchev–Trinajstić information content (AvgIpc) is 2.87. The molecule has 1 N–H and O–H groups in total. The molecule has 0 radical (unpaired) electrons. The summed E-state index contributed by atoms with van der Waals surface area (Å²) >= 11 is 0. The first-order chi connectivity index (χ1) is 11.5. The summed E-state index contributed by atoms with van der Waals surface area (Å²) in [6.45, 7) is 4.31. The summed E-state index contributed by atoms with van der Waals surface area (Å²) < 4.78 is 7.31. The molecule has 0 aliphatic heterocycles. The van der Waals surface area contributed by atoms with Gasteiger partial charge in [0.05, 0.1) is 29.5 Å². The molecule has 0 spiro atoms. The summed E-state index contributed by atoms with van der Waals surface area (Å²) in [5.41, 5.74) is 1.92. The van der Waals surface area contributed by atoms with Gasteiger partial charge in [-0.25, -0.2) is 9.67 Å². The number of H-pyrrole nitrogens is 1. The van der Waals surface area contributed by atoms with E-state index in [2.05, 4.69) is 21.1 Å². The van der Waals surface area contributed by atoms with Crippen molar-refractivity contribution in [3.63, 3.8) is 0 Å². The van der Waals surface area contributed by atoms with Crippen LogP contribution in [0.15, 0.2) is 23.0 Å². The number of benzene rings is 1. The molecule has 3 rings (SSSR count). The van der Waals surface area contributed by atoms with Crippen LogP contribution in [0.3, 0.4) is 0 Å². The Kier molecular flexibility index (Phi) is 4.04. The third-order valence-electron chi connectivity index (χ3n) is 3.69. The highest BCUT2D eigenvalue weighted by atomic mass is 16.5. The summed E-state index contributed by atoms with van der Waals surface area (Å²) in [6, 6.07) is 7.16. The molecule has 122 valence electrons. The third-order valence-corrected chi connectivity index (χ3v) is 3.69. The minimum Gasteiger partial charge on any atom is -0.493 e. The van der Waals surface area contributed by atoms with Crippen molar-refractivity contribution in [1.82, 2.24) is 19.7 Å². The minimum absolute atomic E-state index is 0.260. The van der Waals surface area contributed by atoms with Crippen molar-refractivity contribution in [2.24, 2.45) is 7.05 Å². The monoisotopic (exact) mass is 323 g/mol. The van der Waals surface area contributed by atoms with Crippen LogP contribution in [0.5, 0.6) is 5.75 Å². The number of hydrogen-bond acceptors (Lipinski definition) is 5. The Morgan fingerprint density at radius 1 is 1.42 bits per heavy atom. The molecular weight excluding hydrogens is 306 g/mol. The standard InChI is InChI=1S/C17H17N5O2/c1-4-7-24-13-6-5-11(9-18)8-12(13)15-19-16-14(17(23)20-15)10(2)21-22(16)3/h5-6,8H,4,7H2,1-3H3,(H,19,20,23). The Balaban J connectivity index is 2.24. The quantitative estimate of drug-likeness (QED) is 0.794. The zero-order valence-corrected chi connectivity index (χ0v) is 13.8. The Bertz CT molecular complexity index is 1010. The SMILES string of the molecule is CCCOc1ccc(C#N)cc1-c1nc2c(c(C)nn2C)c(=O)[nH]1. The number of aromatic amines is 1. The molecule has 24 heavy (non-hydrogen) atoms. The van der Waals surface area contributed by atoms with Crippen LogP contribution in [-0.4, -0.2) is 26.4 Å². The maximum atomic E-state index is 12.4. The van der Waals surface area contributed by atoms with Gasteiger partial charge in [-0.15, -0.1) is 0 Å². The third kappa shape index (κ3) is 2.63. The molecule has 3 aromatic rings. The molecule has 2 aromatic heterocycles. The molecule has 0 aliphatic rings. The first-order valence-corrected chi connectivity index (χ1v) is 7.66. The van der Waals surface area contributed by atoms with Gasteiger partial charge in [0.1, 0.15) is 17.0 Å². The van der Waals surface area contributed by atoms with E-state index in [9.17, 15) is 4.79 Å². The van der Waals surface area contributed by atoms with E-state index in [-0.39, 0.29) is 5.56 Å². The molecule has 1 aromatic carbocycles. The fourth-order valence-corrected chi connectivity index (χ4v) is 2.59. The van der Waals surface area contributed by atoms with Gasteiger partial charge in [0.2, 0.25) is 0 Å². The number of fused-ring (bicyclic) bond motifs is 1. The fourth-order valence-electron chi connectivity index (χ4n) is 2.59. The molecule has 0 atom stereocenters. The Hall–Kier alpha value is -3.14. The van der Waals surface area contributed by atoms with Crippen LogP contribution in [0.25, 0.3) is 22.4 Å². The second-order valence-electron chi connectivity index (χ2n) is 5.49. The lowest BCUT2D eigenvalue weighted by atomic mass is 10.1. The van der Waals surface area contributed by atoms with Gasteiger partial charge in [-0.1, -0.05) is 6.92 Å². The predicted octanol–water partition coefficient (Wildman–Crippen LogP) is 2.29. The largest absolute Gasteiger partial charge is 0.493 e. The number of nitriles is 1. The molecule has 0 aliphatic carbocycles. The van der Waals surface area contributed by atoms with Gasteiger partial charge in [-0.2, -0.15) is 10.4 Å². The van der Waals surface area contributed by atoms with Crippen molar-refractivity contribution in [1.29, 1.82) is 5.26 Å². The van der Waals surface area contributed by atoms with Crippen LogP contribution < -0.4 is 10.3 Å². The van der Waals surface area contributed by atoms with Crippen LogP contribution in [0.4, 0.5) is 0 Å². The number of ether oxygens (including phenoxy) is 1. The summed E-state index contributed by atoms with van der Waals surface area (Å²) in [5, 5.41) is 13.9. The predicted molar refractivity (Wildman–Crippen MR) is 89.8 cm³/mol. The van der Waals surface area contributed by atoms with E-state index < -0.39 is 0 Å². The van der Waals surface area contributed by atoms with E-state index in [1.165, 1.54) is 0 Å². The zero-order valence-electron chi connectivity index (χ0n) is 13.8. The smallest absolute Gasteiger partial charge is 0.262 e. The summed E-state index contributed by atoms with van der Waals surface area (Å²) in [5.74, 6) is 0.941. The minimum atomic E-state index is -0.260. The van der Waals surface area contributed by atoms with Gasteiger partial charge < -0.3 is 9.72 Å². The lowest BCUT2D eigenvalue weighted by molar-refractivity contribution is 0.318. The van der Waals surface area contributed by atoms with E-state index in [0.29, 0.717) is 46.0 Å². The van der Waals surface area contributed by atoms with Gasteiger partial charge in [-0.3, -0.25) is 4.79 Å². The van der Waals surface area contributed by atoms with E-state index in [1.54, 1.807) is 36.9 Å². The van der Waals surface area contributed by atoms with Gasteiger partial charge in [0, 0.05) is 7.05 Å². The van der Waals surface area contributed by atoms with Crippen molar-refractivity contribution in [2.75, 3.05) is 6.61 Å². The highest BCUT2D eigenvalue weighted by Crippen LogP contribution is 2.29. The molecule has 0 amide bonds. The Morgan fingerprint density at radius 2 is 2.21 bits per heavy atom. The van der Waals surface area contributed by atoms with Gasteiger partial charge in [-0.05, 0) is 31.5 Å². The van der Waals surface area contributed by atoms with Crippen LogP contribution in [0, 0.1) is 18.3 Å². The van der Waals surface area contributed by atoms with Crippen molar-refractivity contribution in [3.8, 4) is 23.2 Å². The van der Waals surface area contributed by atoms with Gasteiger partial charge >= 0.3 is 0 Å². The summed E-state index contributed by atoms with van der Waals surface area (Å²) in [7, 11) is 1.74. The summed E-state index contributed by atoms with van der Waals surface area (Å²) in [4.78, 5) is 19.7. The van der Waals surface area contributed by atoms with Gasteiger partial charge in [0.25, 0.3) is 5.56 Å². The van der Waals surface area contributed by atoms with E-state index in [4.69, 9.17) is 10.00 Å². The molecule has 0 unspecified atom stereocenters. The maximum absolute atomic E-state index is 12.4. The van der Waals surface area contributed by atoms with Crippen molar-refractivity contribution >= 4 is 11.0 Å². The van der Waals surface area contributed by atoms with E-state index >= 15 is 0 Å². The molecule has 0 saturated carbocycles. The Labute approximate surface area is 138 Å². The lowest BCUT2D eigenvalue weighted by Crippen LogP contribution is -2.11. The fraction of sp³-hybridized carbons (Fsp3) is 0.294. The molecule has 7 nitrogen and oxygen atoms in total. The number of nitrogens with one attached hydrogen (secondary N) is 1. The van der Waals surface area contributed by atoms with E-state index in [1.807, 2.05) is 6.92 Å². The molecule has 0 saturated heterocycles. The molecular formula is C17H17N5O2. The Morgan fingerprint density at radius 3 is 2.92 bits per heavy atom. The van der Waals surface area contributed by atoms with Crippen molar-refractivity contribution < 1.29 is 4.74 Å². The average molecular weight is 323 g/mol. The van der Waals surface area contributed by atoms with Crippen LogP contribution in [-0.2, 0) is 7.05 Å². The second-order valence-corrected chi connectivity index (χ2v) is 5.49. The summed E-state index contributed by atoms with van der Waals surface area (Å²) in [6.07, 6.45) is 0.851. The first-order valence-electron chi connectivity index (χ1n) is 7.66. The van der Waals surface area contributed by atoms with Crippen molar-refractivity contribution in [3.05, 3.63) is 39.8 Å². The highest BCUT2D eigenvalue weighted by Gasteiger charge is 2.16. The van der Waals surface area contributed by atoms with Crippen LogP contribution in [0.1, 0.15) is 24.6 Å². The molecule has 0 bridgehead atoms. The van der Waals surface area contributed by atoms with Crippen LogP contribution in [0.2, 0.25) is 0 Å². The van der Waals surface area contributed by atoms with E-state index in [0.717, 1.165) is 6.42 Å². The molecule has 7 heteroatoms. The number of rotatable bonds is 4. The first kappa shape index (κ1) is 15.7. The highest BCUT2D eigenvalue weighted by molar-refractivity contribution is 5.80. The normalized spacial score (nSPS) is 10.8. The second kappa shape index (κ2) is 6.16. The molecule has 0 fully saturated rings. The maximum Gasteiger partial charge on any atom is 0.262 e. The van der Waals surface area contributed by atoms with Gasteiger partial charge in [0.15, 0.2) is 5.65 Å². The number of aromatic nitrogens is 4. The number of nitrogens with zero attached hydrogens (tertiary/aromatic N) is 4. The van der Waals surface area contributed by atoms with Crippen molar-refractivity contribution in [2.45, 2.75) is 20.3 Å². The number of aryl methyl sites for hydroxylation is 2. The lowest BCUT2D eigenvalue weighted by Gasteiger charge is -2.11. The van der Waals surface area contributed by atoms with Crippen LogP contribution >= 0.6 is 0 Å². The topological polar surface area (TPSA) is 96.6 Å². The zero-order chi connectivity index (χ0) is 17.3.